The zero-order chi connectivity index (χ0) is 83.7. The van der Waals surface area contributed by atoms with Crippen LogP contribution in [0, 0.1) is 0 Å². The lowest BCUT2D eigenvalue weighted by Crippen LogP contribution is -2.68. The van der Waals surface area contributed by atoms with Crippen molar-refractivity contribution in [1.82, 2.24) is 31.9 Å². The van der Waals surface area contributed by atoms with Crippen LogP contribution in [-0.2, 0) is 66.6 Å². The van der Waals surface area contributed by atoms with E-state index < -0.39 is 140 Å². The van der Waals surface area contributed by atoms with E-state index in [2.05, 4.69) is 31.9 Å². The molecule has 2 aliphatic heterocycles. The maximum atomic E-state index is 13.8. The SMILES string of the molecule is CC(=O)N[C@H]1[C@H]([C@H](O)[C@H](O)CNC(=O)c2ccc(-c3ccccc3)cc2)O[C@@](OCCCSCCNC(=O)c2ccc(C(=O)NCCSCCCO[C@]3(C(=O)O)C[C@H](O)C[C@H]([C@H](O)[C@H](O)CNC(=O)c4ccc(-c5ccccc5)cc4)O3)cc2OCCOCCOCCOCCOCCOCCNC(=O)CCC(N)=O)(C(=O)O)C[C@@H]1O. The Kier molecular flexibility index (Phi) is 41.3. The summed E-state index contributed by atoms with van der Waals surface area (Å²) in [5.41, 5.74) is 9.51. The first-order valence-electron chi connectivity index (χ1n) is 38.1. The number of aliphatic hydroxyl groups is 6. The molecule has 36 heteroatoms. The van der Waals surface area contributed by atoms with Gasteiger partial charge < -0.3 is 126 Å². The van der Waals surface area contributed by atoms with E-state index in [9.17, 15) is 84.0 Å². The molecule has 116 heavy (non-hydrogen) atoms. The van der Waals surface area contributed by atoms with Crippen molar-refractivity contribution in [1.29, 1.82) is 0 Å². The molecule has 0 spiro atoms. The van der Waals surface area contributed by atoms with Crippen LogP contribution in [0.5, 0.6) is 5.75 Å². The van der Waals surface area contributed by atoms with Crippen molar-refractivity contribution in [2.45, 2.75) is 118 Å². The number of aliphatic hydroxyl groups excluding tert-OH is 6. The van der Waals surface area contributed by atoms with Gasteiger partial charge in [0.2, 0.25) is 17.7 Å². The number of amides is 7. The molecular formula is C80H107N7O27S2. The summed E-state index contributed by atoms with van der Waals surface area (Å²) >= 11 is 2.80. The fourth-order valence-corrected chi connectivity index (χ4v) is 13.6. The molecule has 0 aliphatic carbocycles. The number of hydrogen-bond donors (Lipinski definition) is 15. The second kappa shape index (κ2) is 50.8. The fraction of sp³-hybridized carbons (Fsp3) is 0.512. The van der Waals surface area contributed by atoms with Gasteiger partial charge in [-0.3, -0.25) is 33.6 Å². The molecule has 7 rings (SSSR count). The monoisotopic (exact) mass is 1660 g/mol. The topological polar surface area (TPSA) is 506 Å². The molecule has 11 atom stereocenters. The summed E-state index contributed by atoms with van der Waals surface area (Å²) in [4.78, 5) is 114. The smallest absolute Gasteiger partial charge is 0.364 e. The van der Waals surface area contributed by atoms with E-state index in [4.69, 9.17) is 53.1 Å². The van der Waals surface area contributed by atoms with Gasteiger partial charge in [-0.25, -0.2) is 9.59 Å². The van der Waals surface area contributed by atoms with Gasteiger partial charge in [0.1, 0.15) is 30.7 Å². The molecule has 0 bridgehead atoms. The van der Waals surface area contributed by atoms with Crippen LogP contribution >= 0.6 is 23.5 Å². The number of carboxylic acids is 2. The summed E-state index contributed by atoms with van der Waals surface area (Å²) in [6.07, 6.45) is -14.0. The van der Waals surface area contributed by atoms with Gasteiger partial charge in [-0.05, 0) is 89.1 Å². The van der Waals surface area contributed by atoms with E-state index in [0.717, 1.165) is 29.2 Å². The maximum absolute atomic E-state index is 13.8. The normalized spacial score (nSPS) is 19.6. The number of nitrogens with two attached hydrogens (primary N) is 1. The van der Waals surface area contributed by atoms with Gasteiger partial charge in [-0.15, -0.1) is 0 Å². The van der Waals surface area contributed by atoms with Gasteiger partial charge in [0.05, 0.1) is 121 Å². The number of rotatable bonds is 55. The van der Waals surface area contributed by atoms with E-state index in [-0.39, 0.29) is 127 Å². The average molecular weight is 1660 g/mol. The van der Waals surface area contributed by atoms with Crippen molar-refractivity contribution in [3.05, 3.63) is 150 Å². The van der Waals surface area contributed by atoms with Gasteiger partial charge >= 0.3 is 11.9 Å². The Morgan fingerprint density at radius 2 is 0.940 bits per heavy atom. The Morgan fingerprint density at radius 1 is 0.491 bits per heavy atom. The summed E-state index contributed by atoms with van der Waals surface area (Å²) in [6, 6.07) is 35.4. The third-order valence-electron chi connectivity index (χ3n) is 18.1. The first kappa shape index (κ1) is 94.4. The Balaban J connectivity index is 0.835. The molecule has 2 aliphatic rings. The number of carbonyl (C=O) groups excluding carboxylic acids is 7. The maximum Gasteiger partial charge on any atom is 0.364 e. The standard InChI is InChI=1S/C80H107N7O27S2/c1-52(88)87-69-62(90)49-80(78(103)104,114-72(69)71(96)64(92)51-86-74(98)58-20-16-56(17-21-58)54-12-6-3-7-13-54)112-30-9-43-116-45-28-84-76(100)61-23-22-59(46-65(61)110-41-40-109-39-38-108-37-36-107-35-34-106-33-32-105-31-26-82-68(94)25-24-67(81)93)75(99)83-27-44-115-42-8-29-111-79(77(101)102)48-60(89)47-66(113-79)70(95)63(91)50-85-73(97)57-18-14-55(15-19-57)53-10-4-2-5-11-53/h2-7,10-23,46,60,62-64,66,69-72,89-92,95-96H,8-9,24-45,47-51H2,1H3,(H2,81,93)(H,82,94)(H,83,99)(H,84,100)(H,85,97)(H,86,98)(H,87,88)(H,101,102)(H,103,104)/t60-,62+,63-,64-,66-,69-,70-,71-,72-,79-,80-/m1/s1. The van der Waals surface area contributed by atoms with Crippen LogP contribution in [0.2, 0.25) is 0 Å². The van der Waals surface area contributed by atoms with Crippen LogP contribution in [0.25, 0.3) is 22.3 Å². The number of benzene rings is 5. The lowest BCUT2D eigenvalue weighted by atomic mass is 9.88. The quantitative estimate of drug-likeness (QED) is 0.0246. The highest BCUT2D eigenvalue weighted by molar-refractivity contribution is 7.99. The molecule has 7 amide bonds. The molecule has 2 heterocycles. The molecular weight excluding hydrogens is 1560 g/mol. The predicted molar refractivity (Wildman–Crippen MR) is 424 cm³/mol. The van der Waals surface area contributed by atoms with Gasteiger partial charge in [0.15, 0.2) is 0 Å². The highest BCUT2D eigenvalue weighted by Crippen LogP contribution is 2.36. The molecule has 636 valence electrons. The molecule has 5 aromatic rings. The van der Waals surface area contributed by atoms with Gasteiger partial charge in [-0.2, -0.15) is 23.5 Å². The summed E-state index contributed by atoms with van der Waals surface area (Å²) in [6.45, 7) is 3.00. The summed E-state index contributed by atoms with van der Waals surface area (Å²) in [5, 5.41) is 103. The minimum atomic E-state index is -2.54. The summed E-state index contributed by atoms with van der Waals surface area (Å²) < 4.78 is 57.0. The van der Waals surface area contributed by atoms with Crippen LogP contribution in [0.1, 0.15) is 93.3 Å². The first-order valence-corrected chi connectivity index (χ1v) is 40.5. The van der Waals surface area contributed by atoms with Gasteiger partial charge in [0, 0.05) is 99.9 Å². The summed E-state index contributed by atoms with van der Waals surface area (Å²) in [7, 11) is 0. The number of carboxylic acid groups (broad SMARTS) is 2. The number of nitrogens with one attached hydrogen (secondary N) is 6. The van der Waals surface area contributed by atoms with Gasteiger partial charge in [-0.1, -0.05) is 84.9 Å². The van der Waals surface area contributed by atoms with Crippen molar-refractivity contribution in [2.24, 2.45) is 5.73 Å². The molecule has 0 unspecified atom stereocenters. The van der Waals surface area contributed by atoms with Crippen LogP contribution in [0.3, 0.4) is 0 Å². The zero-order valence-electron chi connectivity index (χ0n) is 64.6. The minimum absolute atomic E-state index is 0.0204. The third-order valence-corrected chi connectivity index (χ3v) is 20.3. The van der Waals surface area contributed by atoms with E-state index >= 15 is 0 Å². The molecule has 34 nitrogen and oxygen atoms in total. The van der Waals surface area contributed by atoms with Crippen molar-refractivity contribution in [3.8, 4) is 28.0 Å². The number of carbonyl (C=O) groups is 9. The predicted octanol–water partition coefficient (Wildman–Crippen LogP) is 1.66. The zero-order valence-corrected chi connectivity index (χ0v) is 66.2. The van der Waals surface area contributed by atoms with Crippen LogP contribution in [0.15, 0.2) is 127 Å². The molecule has 0 radical (unpaired) electrons. The summed E-state index contributed by atoms with van der Waals surface area (Å²) in [5.74, 6) is -10.1. The third kappa shape index (κ3) is 31.9. The van der Waals surface area contributed by atoms with Gasteiger partial charge in [0.25, 0.3) is 35.2 Å². The molecule has 2 saturated heterocycles. The molecule has 16 N–H and O–H groups in total. The second-order valence-corrected chi connectivity index (χ2v) is 29.4. The van der Waals surface area contributed by atoms with E-state index in [1.54, 1.807) is 48.5 Å². The number of thioether (sulfide) groups is 2. The van der Waals surface area contributed by atoms with Crippen LogP contribution in [-0.4, -0.2) is 302 Å². The number of ether oxygens (including phenoxy) is 10. The Labute approximate surface area is 680 Å². The average Bonchev–Trinajstić information content (AvgIpc) is 0.768. The Morgan fingerprint density at radius 3 is 1.43 bits per heavy atom. The van der Waals surface area contributed by atoms with E-state index in [1.165, 1.54) is 41.7 Å². The highest BCUT2D eigenvalue weighted by atomic mass is 32.2. The van der Waals surface area contributed by atoms with Crippen LogP contribution in [0.4, 0.5) is 0 Å². The van der Waals surface area contributed by atoms with Crippen molar-refractivity contribution in [3.63, 3.8) is 0 Å². The lowest BCUT2D eigenvalue weighted by Gasteiger charge is -2.46. The highest BCUT2D eigenvalue weighted by Gasteiger charge is 2.56. The lowest BCUT2D eigenvalue weighted by molar-refractivity contribution is -0.310. The minimum Gasteiger partial charge on any atom is -0.490 e. The molecule has 5 aromatic carbocycles. The largest absolute Gasteiger partial charge is 0.490 e. The molecule has 0 aromatic heterocycles. The number of primary amides is 1. The van der Waals surface area contributed by atoms with Crippen molar-refractivity contribution < 1.29 is 131 Å². The Bertz CT molecular complexity index is 3860. The number of aliphatic carboxylic acids is 2. The first-order chi connectivity index (χ1) is 55.9. The Hall–Kier alpha value is -8.77. The van der Waals surface area contributed by atoms with Crippen molar-refractivity contribution in [2.75, 3.05) is 142 Å². The molecule has 2 fully saturated rings. The van der Waals surface area contributed by atoms with E-state index in [0.29, 0.717) is 68.0 Å². The van der Waals surface area contributed by atoms with E-state index in [1.807, 2.05) is 60.7 Å². The number of hydrogen-bond acceptors (Lipinski definition) is 27. The fourth-order valence-electron chi connectivity index (χ4n) is 12.1. The van der Waals surface area contributed by atoms with Crippen LogP contribution < -0.4 is 42.4 Å². The van der Waals surface area contributed by atoms with Crippen molar-refractivity contribution >= 4 is 76.8 Å². The molecule has 0 saturated carbocycles. The second-order valence-electron chi connectivity index (χ2n) is 26.9.